The van der Waals surface area contributed by atoms with Crippen molar-refractivity contribution in [1.82, 2.24) is 4.90 Å². The van der Waals surface area contributed by atoms with Gasteiger partial charge in [0.2, 0.25) is 5.91 Å². The van der Waals surface area contributed by atoms with Gasteiger partial charge in [0.05, 0.1) is 18.1 Å². The van der Waals surface area contributed by atoms with Gasteiger partial charge in [0.15, 0.2) is 0 Å². The molecule has 3 atom stereocenters. The van der Waals surface area contributed by atoms with E-state index in [-0.39, 0.29) is 18.6 Å². The molecule has 0 saturated carbocycles. The number of hydrogen-bond acceptors (Lipinski definition) is 4. The quantitative estimate of drug-likeness (QED) is 0.901. The lowest BCUT2D eigenvalue weighted by molar-refractivity contribution is -0.136. The van der Waals surface area contributed by atoms with Crippen LogP contribution >= 0.6 is 0 Å². The van der Waals surface area contributed by atoms with Crippen LogP contribution in [0.1, 0.15) is 25.8 Å². The highest BCUT2D eigenvalue weighted by molar-refractivity contribution is 5.95. The molecule has 21 heavy (non-hydrogen) atoms. The van der Waals surface area contributed by atoms with Crippen LogP contribution in [0.25, 0.3) is 0 Å². The smallest absolute Gasteiger partial charge is 0.416 e. The molecule has 0 bridgehead atoms. The van der Waals surface area contributed by atoms with E-state index in [2.05, 4.69) is 0 Å². The van der Waals surface area contributed by atoms with Gasteiger partial charge in [-0.1, -0.05) is 37.3 Å². The molecule has 1 aliphatic rings. The third-order valence-electron chi connectivity index (χ3n) is 3.85. The van der Waals surface area contributed by atoms with Gasteiger partial charge in [-0.05, 0) is 25.3 Å². The molecule has 1 aromatic carbocycles. The molecule has 0 aromatic heterocycles. The first-order valence-electron chi connectivity index (χ1n) is 7.26. The number of hydrogen-bond donors (Lipinski definition) is 1. The first kappa shape index (κ1) is 15.5. The fraction of sp³-hybridized carbons (Fsp3) is 0.500. The number of rotatable bonds is 5. The van der Waals surface area contributed by atoms with Gasteiger partial charge < -0.3 is 9.84 Å². The van der Waals surface area contributed by atoms with Crippen LogP contribution in [0.5, 0.6) is 0 Å². The summed E-state index contributed by atoms with van der Waals surface area (Å²) in [4.78, 5) is 25.5. The van der Waals surface area contributed by atoms with Gasteiger partial charge in [-0.25, -0.2) is 9.69 Å². The minimum Gasteiger partial charge on any atom is -0.447 e. The fourth-order valence-corrected chi connectivity index (χ4v) is 2.67. The molecular weight excluding hydrogens is 270 g/mol. The lowest BCUT2D eigenvalue weighted by atomic mass is 9.97. The zero-order valence-electron chi connectivity index (χ0n) is 12.4. The number of aliphatic hydroxyl groups excluding tert-OH is 1. The van der Waals surface area contributed by atoms with Crippen molar-refractivity contribution < 1.29 is 19.4 Å². The standard InChI is InChI=1S/C16H21NO4/c1-3-14(11(2)18)15(19)17-13(10-21-16(17)20)9-12-7-5-4-6-8-12/h4-8,11,13-14,18H,3,9-10H2,1-2H3/t11-,13+,14+/m1/s1. The fourth-order valence-electron chi connectivity index (χ4n) is 2.67. The Morgan fingerprint density at radius 3 is 2.67 bits per heavy atom. The SMILES string of the molecule is CC[C@H](C(=O)N1C(=O)OC[C@@H]1Cc1ccccc1)[C@@H](C)O. The monoisotopic (exact) mass is 291 g/mol. The first-order chi connectivity index (χ1) is 10.0. The predicted octanol–water partition coefficient (Wildman–Crippen LogP) is 1.98. The molecule has 114 valence electrons. The third kappa shape index (κ3) is 3.42. The van der Waals surface area contributed by atoms with Gasteiger partial charge in [-0.2, -0.15) is 0 Å². The second kappa shape index (κ2) is 6.72. The molecule has 5 heteroatoms. The summed E-state index contributed by atoms with van der Waals surface area (Å²) in [6.07, 6.45) is -0.347. The summed E-state index contributed by atoms with van der Waals surface area (Å²) in [5.74, 6) is -0.926. The Morgan fingerprint density at radius 2 is 2.10 bits per heavy atom. The molecule has 0 unspecified atom stereocenters. The van der Waals surface area contributed by atoms with Crippen LogP contribution in [-0.4, -0.2) is 40.8 Å². The van der Waals surface area contributed by atoms with E-state index < -0.39 is 18.1 Å². The molecule has 0 spiro atoms. The molecule has 0 aliphatic carbocycles. The van der Waals surface area contributed by atoms with Crippen molar-refractivity contribution in [3.63, 3.8) is 0 Å². The van der Waals surface area contributed by atoms with E-state index in [4.69, 9.17) is 4.74 Å². The Hall–Kier alpha value is -1.88. The maximum atomic E-state index is 12.5. The Labute approximate surface area is 124 Å². The second-order valence-corrected chi connectivity index (χ2v) is 5.38. The van der Waals surface area contributed by atoms with E-state index in [0.717, 1.165) is 5.56 Å². The van der Waals surface area contributed by atoms with Gasteiger partial charge in [0, 0.05) is 0 Å². The summed E-state index contributed by atoms with van der Waals surface area (Å²) in [5.41, 5.74) is 1.05. The number of imide groups is 1. The number of cyclic esters (lactones) is 1. The number of carbonyl (C=O) groups excluding carboxylic acids is 2. The summed E-state index contributed by atoms with van der Waals surface area (Å²) in [5, 5.41) is 9.71. The molecular formula is C16H21NO4. The Morgan fingerprint density at radius 1 is 1.43 bits per heavy atom. The highest BCUT2D eigenvalue weighted by atomic mass is 16.6. The van der Waals surface area contributed by atoms with Crippen LogP contribution in [0.15, 0.2) is 30.3 Å². The van der Waals surface area contributed by atoms with Crippen molar-refractivity contribution in [2.24, 2.45) is 5.92 Å². The lowest BCUT2D eigenvalue weighted by Gasteiger charge is -2.25. The molecule has 1 N–H and O–H groups in total. The second-order valence-electron chi connectivity index (χ2n) is 5.38. The van der Waals surface area contributed by atoms with Crippen molar-refractivity contribution in [3.8, 4) is 0 Å². The van der Waals surface area contributed by atoms with Gasteiger partial charge in [0.25, 0.3) is 0 Å². The molecule has 0 radical (unpaired) electrons. The maximum Gasteiger partial charge on any atom is 0.416 e. The van der Waals surface area contributed by atoms with Gasteiger partial charge in [-0.3, -0.25) is 4.79 Å². The topological polar surface area (TPSA) is 66.8 Å². The van der Waals surface area contributed by atoms with Crippen molar-refractivity contribution in [1.29, 1.82) is 0 Å². The zero-order valence-corrected chi connectivity index (χ0v) is 12.4. The van der Waals surface area contributed by atoms with E-state index >= 15 is 0 Å². The molecule has 1 fully saturated rings. The average Bonchev–Trinajstić information content (AvgIpc) is 2.81. The molecule has 5 nitrogen and oxygen atoms in total. The van der Waals surface area contributed by atoms with Crippen molar-refractivity contribution in [2.75, 3.05) is 6.61 Å². The molecule has 2 rings (SSSR count). The van der Waals surface area contributed by atoms with Crippen molar-refractivity contribution >= 4 is 12.0 Å². The van der Waals surface area contributed by atoms with E-state index in [0.29, 0.717) is 12.8 Å². The summed E-state index contributed by atoms with van der Waals surface area (Å²) in [7, 11) is 0. The number of aliphatic hydroxyl groups is 1. The van der Waals surface area contributed by atoms with Crippen LogP contribution in [0.3, 0.4) is 0 Å². The maximum absolute atomic E-state index is 12.5. The number of ether oxygens (including phenoxy) is 1. The summed E-state index contributed by atoms with van der Waals surface area (Å²) < 4.78 is 5.03. The van der Waals surface area contributed by atoms with Gasteiger partial charge in [0.1, 0.15) is 6.61 Å². The third-order valence-corrected chi connectivity index (χ3v) is 3.85. The molecule has 1 heterocycles. The minimum atomic E-state index is -0.784. The number of amides is 2. The van der Waals surface area contributed by atoms with Crippen LogP contribution in [0.4, 0.5) is 4.79 Å². The summed E-state index contributed by atoms with van der Waals surface area (Å²) in [6, 6.07) is 9.37. The number of benzene rings is 1. The summed E-state index contributed by atoms with van der Waals surface area (Å²) >= 11 is 0. The lowest BCUT2D eigenvalue weighted by Crippen LogP contribution is -2.45. The highest BCUT2D eigenvalue weighted by Gasteiger charge is 2.41. The van der Waals surface area contributed by atoms with Crippen LogP contribution < -0.4 is 0 Å². The van der Waals surface area contributed by atoms with E-state index in [1.807, 2.05) is 37.3 Å². The highest BCUT2D eigenvalue weighted by Crippen LogP contribution is 2.22. The molecule has 2 amide bonds. The molecule has 1 aliphatic heterocycles. The number of nitrogens with zero attached hydrogens (tertiary/aromatic N) is 1. The Bertz CT molecular complexity index is 500. The van der Waals surface area contributed by atoms with Gasteiger partial charge >= 0.3 is 6.09 Å². The molecule has 1 saturated heterocycles. The van der Waals surface area contributed by atoms with Crippen LogP contribution in [-0.2, 0) is 16.0 Å². The van der Waals surface area contributed by atoms with Gasteiger partial charge in [-0.15, -0.1) is 0 Å². The van der Waals surface area contributed by atoms with E-state index in [9.17, 15) is 14.7 Å². The largest absolute Gasteiger partial charge is 0.447 e. The Balaban J connectivity index is 2.15. The van der Waals surface area contributed by atoms with Crippen LogP contribution in [0, 0.1) is 5.92 Å². The Kier molecular flexibility index (Phi) is 4.96. The average molecular weight is 291 g/mol. The minimum absolute atomic E-state index is 0.204. The van der Waals surface area contributed by atoms with Crippen LogP contribution in [0.2, 0.25) is 0 Å². The van der Waals surface area contributed by atoms with E-state index in [1.54, 1.807) is 6.92 Å². The van der Waals surface area contributed by atoms with Crippen molar-refractivity contribution in [2.45, 2.75) is 38.8 Å². The first-order valence-corrected chi connectivity index (χ1v) is 7.26. The zero-order chi connectivity index (χ0) is 15.4. The number of carbonyl (C=O) groups is 2. The predicted molar refractivity (Wildman–Crippen MR) is 77.6 cm³/mol. The van der Waals surface area contributed by atoms with E-state index in [1.165, 1.54) is 4.90 Å². The summed E-state index contributed by atoms with van der Waals surface area (Å²) in [6.45, 7) is 3.60. The normalized spacial score (nSPS) is 21.0. The molecule has 1 aromatic rings. The van der Waals surface area contributed by atoms with Crippen molar-refractivity contribution in [3.05, 3.63) is 35.9 Å².